The lowest BCUT2D eigenvalue weighted by molar-refractivity contribution is -0.119. The maximum Gasteiger partial charge on any atom is 0.285 e. The Balaban J connectivity index is 2.07. The summed E-state index contributed by atoms with van der Waals surface area (Å²) in [6, 6.07) is 6.96. The third kappa shape index (κ3) is 4.59. The molecule has 1 unspecified atom stereocenters. The zero-order chi connectivity index (χ0) is 16.8. The first-order valence-electron chi connectivity index (χ1n) is 7.28. The van der Waals surface area contributed by atoms with Gasteiger partial charge >= 0.3 is 0 Å². The third-order valence-corrected chi connectivity index (χ3v) is 4.28. The lowest BCUT2D eigenvalue weighted by atomic mass is 10.2. The summed E-state index contributed by atoms with van der Waals surface area (Å²) in [4.78, 5) is 30.5. The summed E-state index contributed by atoms with van der Waals surface area (Å²) in [5, 5.41) is 2.84. The first kappa shape index (κ1) is 17.1. The molecule has 1 N–H and O–H groups in total. The van der Waals surface area contributed by atoms with Crippen LogP contribution in [-0.4, -0.2) is 39.7 Å². The predicted molar refractivity (Wildman–Crippen MR) is 91.6 cm³/mol. The normalized spacial score (nSPS) is 11.8. The van der Waals surface area contributed by atoms with Crippen molar-refractivity contribution in [3.63, 3.8) is 0 Å². The molecule has 0 bridgehead atoms. The minimum atomic E-state index is -0.308. The van der Waals surface area contributed by atoms with Gasteiger partial charge in [0.1, 0.15) is 6.04 Å². The summed E-state index contributed by atoms with van der Waals surface area (Å²) in [5.74, 6) is -0.105. The van der Waals surface area contributed by atoms with Gasteiger partial charge in [-0.15, -0.1) is 0 Å². The smallest absolute Gasteiger partial charge is 0.285 e. The molecule has 0 aliphatic rings. The molecule has 0 radical (unpaired) electrons. The molecule has 23 heavy (non-hydrogen) atoms. The van der Waals surface area contributed by atoms with Crippen LogP contribution in [0.15, 0.2) is 47.9 Å². The number of benzene rings is 1. The Morgan fingerprint density at radius 3 is 2.78 bits per heavy atom. The molecule has 2 aromatic rings. The SMILES string of the molecule is CCC(C(=O)Nc1cccc(SC(=O)N(C)C)c1)n1ccnc1. The average Bonchev–Trinajstić information content (AvgIpc) is 3.02. The van der Waals surface area contributed by atoms with Gasteiger partial charge in [0.05, 0.1) is 6.33 Å². The quantitative estimate of drug-likeness (QED) is 0.854. The number of hydrogen-bond acceptors (Lipinski definition) is 4. The summed E-state index contributed by atoms with van der Waals surface area (Å²) < 4.78 is 1.78. The van der Waals surface area contributed by atoms with Gasteiger partial charge in [0.15, 0.2) is 0 Å². The number of anilines is 1. The Kier molecular flexibility index (Phi) is 5.81. The van der Waals surface area contributed by atoms with E-state index in [0.717, 1.165) is 16.7 Å². The maximum atomic E-state index is 12.4. The van der Waals surface area contributed by atoms with Crippen molar-refractivity contribution in [2.45, 2.75) is 24.3 Å². The number of nitrogens with zero attached hydrogens (tertiary/aromatic N) is 3. The van der Waals surface area contributed by atoms with E-state index in [-0.39, 0.29) is 17.2 Å². The molecule has 1 heterocycles. The third-order valence-electron chi connectivity index (χ3n) is 3.25. The highest BCUT2D eigenvalue weighted by atomic mass is 32.2. The van der Waals surface area contributed by atoms with Crippen LogP contribution in [0.5, 0.6) is 0 Å². The zero-order valence-corrected chi connectivity index (χ0v) is 14.2. The van der Waals surface area contributed by atoms with E-state index in [2.05, 4.69) is 10.3 Å². The van der Waals surface area contributed by atoms with Crippen LogP contribution >= 0.6 is 11.8 Å². The fraction of sp³-hybridized carbons (Fsp3) is 0.312. The van der Waals surface area contributed by atoms with Crippen LogP contribution in [0.4, 0.5) is 10.5 Å². The number of carbonyl (C=O) groups excluding carboxylic acids is 2. The molecule has 0 fully saturated rings. The van der Waals surface area contributed by atoms with Crippen LogP contribution in [0, 0.1) is 0 Å². The Bertz CT molecular complexity index is 670. The number of aromatic nitrogens is 2. The van der Waals surface area contributed by atoms with Gasteiger partial charge in [0.2, 0.25) is 5.91 Å². The molecule has 0 aliphatic heterocycles. The van der Waals surface area contributed by atoms with Gasteiger partial charge in [-0.2, -0.15) is 0 Å². The molecule has 0 spiro atoms. The van der Waals surface area contributed by atoms with Gasteiger partial charge < -0.3 is 14.8 Å². The standard InChI is InChI=1S/C16H20N4O2S/c1-4-14(20-9-8-17-11-20)15(21)18-12-6-5-7-13(10-12)23-16(22)19(2)3/h5-11,14H,4H2,1-3H3,(H,18,21). The van der Waals surface area contributed by atoms with E-state index >= 15 is 0 Å². The molecule has 0 saturated heterocycles. The molecule has 7 heteroatoms. The highest BCUT2D eigenvalue weighted by Gasteiger charge is 2.18. The molecule has 2 rings (SSSR count). The second-order valence-electron chi connectivity index (χ2n) is 5.21. The Labute approximate surface area is 139 Å². The Morgan fingerprint density at radius 2 is 2.17 bits per heavy atom. The fourth-order valence-corrected chi connectivity index (χ4v) is 2.76. The van der Waals surface area contributed by atoms with Gasteiger partial charge in [-0.1, -0.05) is 13.0 Å². The van der Waals surface area contributed by atoms with Crippen molar-refractivity contribution in [2.75, 3.05) is 19.4 Å². The molecule has 0 aliphatic carbocycles. The van der Waals surface area contributed by atoms with Crippen LogP contribution < -0.4 is 5.32 Å². The number of amides is 2. The van der Waals surface area contributed by atoms with E-state index < -0.39 is 0 Å². The van der Waals surface area contributed by atoms with Crippen LogP contribution in [0.2, 0.25) is 0 Å². The zero-order valence-electron chi connectivity index (χ0n) is 13.4. The molecule has 1 aromatic heterocycles. The summed E-state index contributed by atoms with van der Waals surface area (Å²) >= 11 is 1.13. The summed E-state index contributed by atoms with van der Waals surface area (Å²) in [5.41, 5.74) is 0.671. The van der Waals surface area contributed by atoms with Crippen molar-refractivity contribution in [1.29, 1.82) is 0 Å². The predicted octanol–water partition coefficient (Wildman–Crippen LogP) is 3.25. The van der Waals surface area contributed by atoms with E-state index in [0.29, 0.717) is 12.1 Å². The Hall–Kier alpha value is -2.28. The van der Waals surface area contributed by atoms with E-state index in [4.69, 9.17) is 0 Å². The number of hydrogen-bond donors (Lipinski definition) is 1. The molecular formula is C16H20N4O2S. The van der Waals surface area contributed by atoms with Crippen molar-refractivity contribution < 1.29 is 9.59 Å². The van der Waals surface area contributed by atoms with Gasteiger partial charge in [-0.3, -0.25) is 9.59 Å². The van der Waals surface area contributed by atoms with E-state index in [1.165, 1.54) is 4.90 Å². The van der Waals surface area contributed by atoms with Gasteiger partial charge in [0, 0.05) is 37.1 Å². The number of imidazole rings is 1. The van der Waals surface area contributed by atoms with Crippen molar-refractivity contribution >= 4 is 28.6 Å². The number of rotatable bonds is 5. The summed E-state index contributed by atoms with van der Waals surface area (Å²) in [6.45, 7) is 1.95. The molecular weight excluding hydrogens is 312 g/mol. The molecule has 6 nitrogen and oxygen atoms in total. The van der Waals surface area contributed by atoms with Crippen LogP contribution in [0.3, 0.4) is 0 Å². The maximum absolute atomic E-state index is 12.4. The average molecular weight is 332 g/mol. The van der Waals surface area contributed by atoms with Crippen molar-refractivity contribution in [3.05, 3.63) is 43.0 Å². The summed E-state index contributed by atoms with van der Waals surface area (Å²) in [6.07, 6.45) is 5.72. The molecule has 122 valence electrons. The number of thioether (sulfide) groups is 1. The minimum absolute atomic E-state index is 0.0571. The Morgan fingerprint density at radius 1 is 1.39 bits per heavy atom. The van der Waals surface area contributed by atoms with Gasteiger partial charge in [0.25, 0.3) is 5.24 Å². The number of carbonyl (C=O) groups is 2. The van der Waals surface area contributed by atoms with Crippen LogP contribution in [0.1, 0.15) is 19.4 Å². The fourth-order valence-electron chi connectivity index (χ4n) is 2.04. The highest BCUT2D eigenvalue weighted by Crippen LogP contribution is 2.24. The largest absolute Gasteiger partial charge is 0.339 e. The van der Waals surface area contributed by atoms with E-state index in [9.17, 15) is 9.59 Å². The molecule has 0 saturated carbocycles. The van der Waals surface area contributed by atoms with Crippen molar-refractivity contribution in [3.8, 4) is 0 Å². The van der Waals surface area contributed by atoms with Gasteiger partial charge in [-0.25, -0.2) is 4.98 Å². The molecule has 1 atom stereocenters. The highest BCUT2D eigenvalue weighted by molar-refractivity contribution is 8.13. The topological polar surface area (TPSA) is 67.2 Å². The summed E-state index contributed by atoms with van der Waals surface area (Å²) in [7, 11) is 3.41. The van der Waals surface area contributed by atoms with Crippen LogP contribution in [0.25, 0.3) is 0 Å². The molecule has 2 amide bonds. The lowest BCUT2D eigenvalue weighted by Crippen LogP contribution is -2.24. The van der Waals surface area contributed by atoms with E-state index in [1.807, 2.05) is 25.1 Å². The second-order valence-corrected chi connectivity index (χ2v) is 6.24. The lowest BCUT2D eigenvalue weighted by Gasteiger charge is -2.16. The minimum Gasteiger partial charge on any atom is -0.339 e. The first-order valence-corrected chi connectivity index (χ1v) is 8.10. The van der Waals surface area contributed by atoms with E-state index in [1.54, 1.807) is 43.4 Å². The van der Waals surface area contributed by atoms with Crippen molar-refractivity contribution in [2.24, 2.45) is 0 Å². The number of nitrogens with one attached hydrogen (secondary N) is 1. The van der Waals surface area contributed by atoms with Crippen molar-refractivity contribution in [1.82, 2.24) is 14.5 Å². The first-order chi connectivity index (χ1) is 11.0. The van der Waals surface area contributed by atoms with Crippen LogP contribution in [-0.2, 0) is 4.79 Å². The molecule has 1 aromatic carbocycles. The van der Waals surface area contributed by atoms with Gasteiger partial charge in [-0.05, 0) is 36.4 Å². The monoisotopic (exact) mass is 332 g/mol. The second kappa shape index (κ2) is 7.82.